The second kappa shape index (κ2) is 8.46. The fourth-order valence-corrected chi connectivity index (χ4v) is 6.09. The van der Waals surface area contributed by atoms with Gasteiger partial charge in [-0.1, -0.05) is 31.0 Å². The fraction of sp³-hybridized carbons (Fsp3) is 0.636. The quantitative estimate of drug-likeness (QED) is 0.676. The Balaban J connectivity index is 1.18. The maximum atomic E-state index is 12.7. The average Bonchev–Trinajstić information content (AvgIpc) is 3.26. The summed E-state index contributed by atoms with van der Waals surface area (Å²) < 4.78 is -0.400. The van der Waals surface area contributed by atoms with E-state index in [4.69, 9.17) is 0 Å². The molecule has 28 heavy (non-hydrogen) atoms. The monoisotopic (exact) mass is 401 g/mol. The van der Waals surface area contributed by atoms with E-state index in [1.807, 2.05) is 0 Å². The molecule has 0 N–H and O–H groups in total. The normalized spacial score (nSPS) is 22.6. The van der Waals surface area contributed by atoms with Crippen LogP contribution in [0.4, 0.5) is 10.5 Å². The van der Waals surface area contributed by atoms with Crippen molar-refractivity contribution in [3.8, 4) is 0 Å². The van der Waals surface area contributed by atoms with Crippen LogP contribution in [0.15, 0.2) is 24.3 Å². The number of thioether (sulfide) groups is 1. The number of nitrogens with zero attached hydrogens (tertiary/aromatic N) is 3. The molecule has 1 aliphatic carbocycles. The highest BCUT2D eigenvalue weighted by Gasteiger charge is 2.53. The van der Waals surface area contributed by atoms with Gasteiger partial charge in [0.2, 0.25) is 5.91 Å². The van der Waals surface area contributed by atoms with E-state index in [0.29, 0.717) is 6.54 Å². The van der Waals surface area contributed by atoms with Gasteiger partial charge in [0.05, 0.1) is 0 Å². The number of anilines is 1. The van der Waals surface area contributed by atoms with E-state index in [1.165, 1.54) is 27.9 Å². The lowest BCUT2D eigenvalue weighted by Crippen LogP contribution is -2.47. The van der Waals surface area contributed by atoms with Crippen LogP contribution < -0.4 is 4.90 Å². The van der Waals surface area contributed by atoms with E-state index in [1.54, 1.807) is 0 Å². The van der Waals surface area contributed by atoms with Crippen molar-refractivity contribution in [1.82, 2.24) is 9.80 Å². The third-order valence-electron chi connectivity index (χ3n) is 6.48. The van der Waals surface area contributed by atoms with Crippen molar-refractivity contribution in [2.75, 3.05) is 44.2 Å². The molecule has 0 aromatic heterocycles. The van der Waals surface area contributed by atoms with E-state index in [2.05, 4.69) is 41.0 Å². The van der Waals surface area contributed by atoms with Crippen molar-refractivity contribution in [3.63, 3.8) is 0 Å². The maximum Gasteiger partial charge on any atom is 0.289 e. The van der Waals surface area contributed by atoms with Crippen LogP contribution in [-0.4, -0.2) is 65.0 Å². The smallest absolute Gasteiger partial charge is 0.289 e. The Morgan fingerprint density at radius 1 is 0.964 bits per heavy atom. The second-order valence-electron chi connectivity index (χ2n) is 8.35. The van der Waals surface area contributed by atoms with Gasteiger partial charge in [0.1, 0.15) is 4.75 Å². The Morgan fingerprint density at radius 2 is 1.64 bits per heavy atom. The molecule has 1 aromatic carbocycles. The van der Waals surface area contributed by atoms with Crippen molar-refractivity contribution in [2.24, 2.45) is 0 Å². The van der Waals surface area contributed by atoms with Crippen LogP contribution in [0.3, 0.4) is 0 Å². The molecule has 0 unspecified atom stereocenters. The summed E-state index contributed by atoms with van der Waals surface area (Å²) in [6.45, 7) is 8.10. The van der Waals surface area contributed by atoms with E-state index in [-0.39, 0.29) is 11.1 Å². The number of hydrogen-bond donors (Lipinski definition) is 0. The summed E-state index contributed by atoms with van der Waals surface area (Å²) in [7, 11) is 0. The van der Waals surface area contributed by atoms with Gasteiger partial charge >= 0.3 is 0 Å². The van der Waals surface area contributed by atoms with Crippen LogP contribution in [0.2, 0.25) is 0 Å². The number of imide groups is 1. The summed E-state index contributed by atoms with van der Waals surface area (Å²) in [5.41, 5.74) is 2.69. The molecule has 152 valence electrons. The molecular weight excluding hydrogens is 370 g/mol. The van der Waals surface area contributed by atoms with Crippen molar-refractivity contribution in [2.45, 2.75) is 50.2 Å². The Kier molecular flexibility index (Phi) is 5.97. The number of aryl methyl sites for hydroxylation is 1. The van der Waals surface area contributed by atoms with E-state index in [0.717, 1.165) is 71.2 Å². The first-order valence-corrected chi connectivity index (χ1v) is 11.5. The molecule has 2 heterocycles. The summed E-state index contributed by atoms with van der Waals surface area (Å²) in [6, 6.07) is 8.60. The molecule has 1 aromatic rings. The van der Waals surface area contributed by atoms with Crippen LogP contribution in [-0.2, 0) is 4.79 Å². The van der Waals surface area contributed by atoms with Crippen molar-refractivity contribution in [1.29, 1.82) is 0 Å². The molecule has 2 amide bonds. The number of amides is 2. The largest absolute Gasteiger partial charge is 0.369 e. The minimum atomic E-state index is -0.400. The molecule has 0 atom stereocenters. The molecule has 0 radical (unpaired) electrons. The standard InChI is InChI=1S/C22H31N3O2S/c1-18-8-2-3-9-19(18)24-16-14-23(15-17-24)12-6-7-13-25-20(26)22(28-21(25)27)10-4-5-11-22/h2-3,8-9H,4-7,10-17H2,1H3. The van der Waals surface area contributed by atoms with Gasteiger partial charge in [-0.05, 0) is 62.5 Å². The van der Waals surface area contributed by atoms with Crippen LogP contribution >= 0.6 is 11.8 Å². The first-order valence-electron chi connectivity index (χ1n) is 10.7. The molecule has 3 fully saturated rings. The first-order chi connectivity index (χ1) is 13.6. The number of piperazine rings is 1. The zero-order valence-corrected chi connectivity index (χ0v) is 17.7. The molecule has 1 spiro atoms. The van der Waals surface area contributed by atoms with Crippen LogP contribution in [0.25, 0.3) is 0 Å². The van der Waals surface area contributed by atoms with Gasteiger partial charge in [0, 0.05) is 38.4 Å². The highest BCUT2D eigenvalue weighted by molar-refractivity contribution is 8.16. The maximum absolute atomic E-state index is 12.7. The third kappa shape index (κ3) is 3.94. The zero-order valence-electron chi connectivity index (χ0n) is 16.9. The predicted octanol–water partition coefficient (Wildman–Crippen LogP) is 3.91. The van der Waals surface area contributed by atoms with Crippen molar-refractivity contribution < 1.29 is 9.59 Å². The second-order valence-corrected chi connectivity index (χ2v) is 9.68. The van der Waals surface area contributed by atoms with Crippen molar-refractivity contribution >= 4 is 28.6 Å². The lowest BCUT2D eigenvalue weighted by Gasteiger charge is -2.36. The molecule has 0 bridgehead atoms. The summed E-state index contributed by atoms with van der Waals surface area (Å²) >= 11 is 1.30. The Hall–Kier alpha value is -1.53. The topological polar surface area (TPSA) is 43.9 Å². The lowest BCUT2D eigenvalue weighted by atomic mass is 10.1. The highest BCUT2D eigenvalue weighted by atomic mass is 32.2. The predicted molar refractivity (Wildman–Crippen MR) is 115 cm³/mol. The van der Waals surface area contributed by atoms with Crippen LogP contribution in [0, 0.1) is 6.92 Å². The van der Waals surface area contributed by atoms with E-state index < -0.39 is 4.75 Å². The Morgan fingerprint density at radius 3 is 2.36 bits per heavy atom. The first kappa shape index (κ1) is 19.8. The molecule has 1 saturated carbocycles. The Bertz CT molecular complexity index is 724. The zero-order chi connectivity index (χ0) is 19.6. The van der Waals surface area contributed by atoms with Crippen LogP contribution in [0.1, 0.15) is 44.1 Å². The fourth-order valence-electron chi connectivity index (χ4n) is 4.79. The number of benzene rings is 1. The SMILES string of the molecule is Cc1ccccc1N1CCN(CCCCN2C(=O)SC3(CCCC3)C2=O)CC1. The number of rotatable bonds is 6. The number of carbonyl (C=O) groups excluding carboxylic acids is 2. The minimum absolute atomic E-state index is 0.0151. The molecule has 5 nitrogen and oxygen atoms in total. The molecule has 2 saturated heterocycles. The molecule has 6 heteroatoms. The van der Waals surface area contributed by atoms with E-state index in [9.17, 15) is 9.59 Å². The van der Waals surface area contributed by atoms with Gasteiger partial charge in [-0.3, -0.25) is 19.4 Å². The van der Waals surface area contributed by atoms with Gasteiger partial charge in [-0.15, -0.1) is 0 Å². The number of para-hydroxylation sites is 1. The molecule has 4 rings (SSSR count). The molecular formula is C22H31N3O2S. The third-order valence-corrected chi connectivity index (χ3v) is 7.85. The molecule has 3 aliphatic rings. The van der Waals surface area contributed by atoms with E-state index >= 15 is 0 Å². The number of unbranched alkanes of at least 4 members (excludes halogenated alkanes) is 1. The number of hydrogen-bond acceptors (Lipinski definition) is 5. The number of carbonyl (C=O) groups is 2. The molecule has 2 aliphatic heterocycles. The minimum Gasteiger partial charge on any atom is -0.369 e. The summed E-state index contributed by atoms with van der Waals surface area (Å²) in [5, 5.41) is -0.0151. The van der Waals surface area contributed by atoms with Gasteiger partial charge in [0.25, 0.3) is 5.24 Å². The summed E-state index contributed by atoms with van der Waals surface area (Å²) in [4.78, 5) is 31.5. The van der Waals surface area contributed by atoms with Gasteiger partial charge in [-0.2, -0.15) is 0 Å². The lowest BCUT2D eigenvalue weighted by molar-refractivity contribution is -0.129. The Labute approximate surface area is 172 Å². The van der Waals surface area contributed by atoms with Crippen LogP contribution in [0.5, 0.6) is 0 Å². The summed E-state index contributed by atoms with van der Waals surface area (Å²) in [5.74, 6) is 0.0897. The van der Waals surface area contributed by atoms with Gasteiger partial charge in [-0.25, -0.2) is 0 Å². The average molecular weight is 402 g/mol. The van der Waals surface area contributed by atoms with Gasteiger partial charge < -0.3 is 4.90 Å². The van der Waals surface area contributed by atoms with Crippen molar-refractivity contribution in [3.05, 3.63) is 29.8 Å². The highest BCUT2D eigenvalue weighted by Crippen LogP contribution is 2.48. The van der Waals surface area contributed by atoms with Gasteiger partial charge in [0.15, 0.2) is 0 Å². The summed E-state index contributed by atoms with van der Waals surface area (Å²) in [6.07, 6.45) is 5.86.